The summed E-state index contributed by atoms with van der Waals surface area (Å²) >= 11 is 1.94. The van der Waals surface area contributed by atoms with Gasteiger partial charge in [0.05, 0.1) is 22.8 Å². The Bertz CT molecular complexity index is 316. The van der Waals surface area contributed by atoms with Gasteiger partial charge in [0.2, 0.25) is 0 Å². The maximum Gasteiger partial charge on any atom is 0.0760 e. The third kappa shape index (κ3) is 1.35. The van der Waals surface area contributed by atoms with Crippen molar-refractivity contribution in [1.82, 2.24) is 9.97 Å². The highest BCUT2D eigenvalue weighted by Crippen LogP contribution is 2.48. The Morgan fingerprint density at radius 3 is 1.69 bits per heavy atom. The Morgan fingerprint density at radius 2 is 1.31 bits per heavy atom. The molecule has 0 spiro atoms. The molecule has 0 N–H and O–H groups in total. The second-order valence-electron chi connectivity index (χ2n) is 3.59. The minimum Gasteiger partial charge on any atom is -0.253 e. The van der Waals surface area contributed by atoms with Crippen molar-refractivity contribution >= 4 is 11.8 Å². The molecule has 2 atom stereocenters. The van der Waals surface area contributed by atoms with Crippen LogP contribution in [0.25, 0.3) is 0 Å². The van der Waals surface area contributed by atoms with Gasteiger partial charge in [0.15, 0.2) is 0 Å². The molecule has 1 aromatic heterocycles. The molecule has 0 bridgehead atoms. The number of aryl methyl sites for hydroxylation is 2. The molecule has 2 unspecified atom stereocenters. The maximum absolute atomic E-state index is 4.60. The predicted molar refractivity (Wildman–Crippen MR) is 55.9 cm³/mol. The van der Waals surface area contributed by atoms with Crippen LogP contribution in [0, 0.1) is 13.8 Å². The van der Waals surface area contributed by atoms with Gasteiger partial charge in [-0.05, 0) is 27.7 Å². The molecule has 2 rings (SSSR count). The molecule has 13 heavy (non-hydrogen) atoms. The number of hydrogen-bond donors (Lipinski definition) is 0. The predicted octanol–water partition coefficient (Wildman–Crippen LogP) is 2.96. The average molecular weight is 194 g/mol. The van der Waals surface area contributed by atoms with Crippen LogP contribution in [-0.4, -0.2) is 9.97 Å². The van der Waals surface area contributed by atoms with E-state index in [2.05, 4.69) is 23.8 Å². The van der Waals surface area contributed by atoms with Crippen molar-refractivity contribution in [3.63, 3.8) is 0 Å². The van der Waals surface area contributed by atoms with Gasteiger partial charge in [0, 0.05) is 10.5 Å². The van der Waals surface area contributed by atoms with Gasteiger partial charge in [-0.3, -0.25) is 9.97 Å². The Hall–Kier alpha value is -0.570. The zero-order valence-corrected chi connectivity index (χ0v) is 9.27. The Labute approximate surface area is 83.2 Å². The molecule has 0 aliphatic carbocycles. The summed E-state index contributed by atoms with van der Waals surface area (Å²) < 4.78 is 0. The fraction of sp³-hybridized carbons (Fsp3) is 0.600. The van der Waals surface area contributed by atoms with E-state index in [0.717, 1.165) is 11.4 Å². The van der Waals surface area contributed by atoms with Crippen molar-refractivity contribution < 1.29 is 0 Å². The summed E-state index contributed by atoms with van der Waals surface area (Å²) in [7, 11) is 0. The molecular formula is C10H14N2S. The molecule has 0 saturated carbocycles. The lowest BCUT2D eigenvalue weighted by Crippen LogP contribution is -2.01. The molecular weight excluding hydrogens is 180 g/mol. The van der Waals surface area contributed by atoms with Gasteiger partial charge in [-0.1, -0.05) is 0 Å². The van der Waals surface area contributed by atoms with Gasteiger partial charge in [-0.25, -0.2) is 0 Å². The fourth-order valence-electron chi connectivity index (χ4n) is 1.67. The summed E-state index contributed by atoms with van der Waals surface area (Å²) in [5, 5.41) is 1.02. The second-order valence-corrected chi connectivity index (χ2v) is 5.27. The maximum atomic E-state index is 4.60. The largest absolute Gasteiger partial charge is 0.253 e. The summed E-state index contributed by atoms with van der Waals surface area (Å²) in [4.78, 5) is 9.20. The summed E-state index contributed by atoms with van der Waals surface area (Å²) in [6, 6.07) is 0. The van der Waals surface area contributed by atoms with Crippen LogP contribution in [-0.2, 0) is 0 Å². The zero-order chi connectivity index (χ0) is 9.59. The number of thioether (sulfide) groups is 1. The second kappa shape index (κ2) is 2.98. The monoisotopic (exact) mass is 194 g/mol. The van der Waals surface area contributed by atoms with Crippen LogP contribution < -0.4 is 0 Å². The van der Waals surface area contributed by atoms with Crippen molar-refractivity contribution in [2.24, 2.45) is 0 Å². The number of fused-ring (bicyclic) bond motifs is 1. The van der Waals surface area contributed by atoms with E-state index in [4.69, 9.17) is 0 Å². The quantitative estimate of drug-likeness (QED) is 0.635. The fourth-order valence-corrected chi connectivity index (χ4v) is 2.89. The average Bonchev–Trinajstić information content (AvgIpc) is 2.31. The standard InChI is InChI=1S/C10H14N2S/c1-5-6(2)12-10-8(4)13-7(3)9(10)11-5/h7-8H,1-4H3. The minimum absolute atomic E-state index is 0.511. The lowest BCUT2D eigenvalue weighted by molar-refractivity contribution is 0.884. The zero-order valence-electron chi connectivity index (χ0n) is 8.46. The molecule has 1 aromatic rings. The first kappa shape index (κ1) is 9.00. The Balaban J connectivity index is 2.58. The lowest BCUT2D eigenvalue weighted by Gasteiger charge is -2.05. The summed E-state index contributed by atoms with van der Waals surface area (Å²) in [5.41, 5.74) is 4.53. The van der Waals surface area contributed by atoms with Crippen LogP contribution in [0.3, 0.4) is 0 Å². The molecule has 0 saturated heterocycles. The van der Waals surface area contributed by atoms with E-state index in [1.54, 1.807) is 0 Å². The molecule has 70 valence electrons. The third-order valence-electron chi connectivity index (χ3n) is 2.54. The number of hydrogen-bond acceptors (Lipinski definition) is 3. The van der Waals surface area contributed by atoms with E-state index < -0.39 is 0 Å². The van der Waals surface area contributed by atoms with Gasteiger partial charge in [0.25, 0.3) is 0 Å². The van der Waals surface area contributed by atoms with Crippen molar-refractivity contribution in [1.29, 1.82) is 0 Å². The van der Waals surface area contributed by atoms with Gasteiger partial charge in [0.1, 0.15) is 0 Å². The number of rotatable bonds is 0. The molecule has 2 heterocycles. The highest BCUT2D eigenvalue weighted by Gasteiger charge is 2.29. The first-order valence-electron chi connectivity index (χ1n) is 4.60. The molecule has 0 radical (unpaired) electrons. The van der Waals surface area contributed by atoms with Crippen molar-refractivity contribution in [2.45, 2.75) is 38.2 Å². The van der Waals surface area contributed by atoms with Gasteiger partial charge in [-0.15, -0.1) is 11.8 Å². The topological polar surface area (TPSA) is 25.8 Å². The summed E-state index contributed by atoms with van der Waals surface area (Å²) in [5.74, 6) is 0. The van der Waals surface area contributed by atoms with Gasteiger partial charge in [-0.2, -0.15) is 0 Å². The first-order valence-corrected chi connectivity index (χ1v) is 5.54. The van der Waals surface area contributed by atoms with Crippen molar-refractivity contribution in [3.8, 4) is 0 Å². The third-order valence-corrected chi connectivity index (χ3v) is 3.80. The van der Waals surface area contributed by atoms with Crippen molar-refractivity contribution in [3.05, 3.63) is 22.8 Å². The van der Waals surface area contributed by atoms with Crippen LogP contribution in [0.1, 0.15) is 47.1 Å². The van der Waals surface area contributed by atoms with Crippen LogP contribution in [0.15, 0.2) is 0 Å². The Kier molecular flexibility index (Phi) is 2.06. The molecule has 0 amide bonds. The van der Waals surface area contributed by atoms with Crippen LogP contribution in [0.4, 0.5) is 0 Å². The van der Waals surface area contributed by atoms with Gasteiger partial charge < -0.3 is 0 Å². The molecule has 0 fully saturated rings. The van der Waals surface area contributed by atoms with Crippen LogP contribution in [0.5, 0.6) is 0 Å². The lowest BCUT2D eigenvalue weighted by atomic mass is 10.2. The van der Waals surface area contributed by atoms with Crippen molar-refractivity contribution in [2.75, 3.05) is 0 Å². The van der Waals surface area contributed by atoms with E-state index in [1.165, 1.54) is 11.4 Å². The normalized spacial score (nSPS) is 26.2. The van der Waals surface area contributed by atoms with Crippen LogP contribution >= 0.6 is 11.8 Å². The first-order chi connectivity index (χ1) is 6.09. The number of nitrogens with zero attached hydrogens (tertiary/aromatic N) is 2. The SMILES string of the molecule is Cc1nc2c(nc1C)C(C)SC2C. The minimum atomic E-state index is 0.511. The summed E-state index contributed by atoms with van der Waals surface area (Å²) in [6.45, 7) is 8.47. The van der Waals surface area contributed by atoms with Crippen LogP contribution in [0.2, 0.25) is 0 Å². The number of aromatic nitrogens is 2. The van der Waals surface area contributed by atoms with E-state index >= 15 is 0 Å². The molecule has 1 aliphatic rings. The van der Waals surface area contributed by atoms with E-state index in [9.17, 15) is 0 Å². The van der Waals surface area contributed by atoms with E-state index in [0.29, 0.717) is 10.5 Å². The molecule has 1 aliphatic heterocycles. The van der Waals surface area contributed by atoms with E-state index in [-0.39, 0.29) is 0 Å². The highest BCUT2D eigenvalue weighted by molar-refractivity contribution is 8.00. The van der Waals surface area contributed by atoms with E-state index in [1.807, 2.05) is 25.6 Å². The molecule has 2 nitrogen and oxygen atoms in total. The highest BCUT2D eigenvalue weighted by atomic mass is 32.2. The van der Waals surface area contributed by atoms with Gasteiger partial charge >= 0.3 is 0 Å². The molecule has 3 heteroatoms. The smallest absolute Gasteiger partial charge is 0.0760 e. The Morgan fingerprint density at radius 1 is 0.923 bits per heavy atom. The summed E-state index contributed by atoms with van der Waals surface area (Å²) in [6.07, 6.45) is 0. The molecule has 0 aromatic carbocycles.